The number of hydrogen-bond acceptors (Lipinski definition) is 5. The average Bonchev–Trinajstić information content (AvgIpc) is 3.17. The molecule has 8 heteroatoms. The van der Waals surface area contributed by atoms with Crippen LogP contribution in [0.5, 0.6) is 0 Å². The van der Waals surface area contributed by atoms with Crippen LogP contribution in [0.1, 0.15) is 17.5 Å². The molecule has 138 valence electrons. The van der Waals surface area contributed by atoms with Gasteiger partial charge in [0.25, 0.3) is 0 Å². The van der Waals surface area contributed by atoms with Gasteiger partial charge in [0.15, 0.2) is 0 Å². The second-order valence-corrected chi connectivity index (χ2v) is 8.19. The summed E-state index contributed by atoms with van der Waals surface area (Å²) in [5.74, 6) is 1.31. The van der Waals surface area contributed by atoms with Gasteiger partial charge in [-0.25, -0.2) is 9.59 Å². The van der Waals surface area contributed by atoms with Crippen molar-refractivity contribution in [3.63, 3.8) is 0 Å². The summed E-state index contributed by atoms with van der Waals surface area (Å²) in [4.78, 5) is 25.2. The molecule has 1 aromatic rings. The molecule has 3 heterocycles. The number of ether oxygens (including phenoxy) is 2. The lowest BCUT2D eigenvalue weighted by Gasteiger charge is -2.16. The number of anilines is 1. The molecule has 0 saturated carbocycles. The van der Waals surface area contributed by atoms with Crippen molar-refractivity contribution >= 4 is 34.2 Å². The number of nitrogens with zero attached hydrogens (tertiary/aromatic N) is 1. The van der Waals surface area contributed by atoms with Crippen LogP contribution in [-0.2, 0) is 26.7 Å². The molecule has 3 aliphatic rings. The lowest BCUT2D eigenvalue weighted by atomic mass is 9.98. The van der Waals surface area contributed by atoms with Gasteiger partial charge in [-0.2, -0.15) is 0 Å². The third kappa shape index (κ3) is 2.98. The summed E-state index contributed by atoms with van der Waals surface area (Å²) < 4.78 is 21.5. The van der Waals surface area contributed by atoms with Crippen LogP contribution in [0.4, 0.5) is 15.3 Å². The van der Waals surface area contributed by atoms with Crippen molar-refractivity contribution in [1.82, 2.24) is 5.32 Å². The number of amides is 2. The quantitative estimate of drug-likeness (QED) is 0.870. The molecule has 0 aromatic heterocycles. The fraction of sp³-hybridized carbons (Fsp3) is 0.444. The van der Waals surface area contributed by atoms with Gasteiger partial charge in [-0.3, -0.25) is 9.11 Å². The Labute approximate surface area is 153 Å². The molecular formula is C18H20N2O5S. The molecular weight excluding hydrogens is 356 g/mol. The van der Waals surface area contributed by atoms with Crippen LogP contribution in [0.2, 0.25) is 0 Å². The molecule has 0 bridgehead atoms. The monoisotopic (exact) mass is 376 g/mol. The predicted molar refractivity (Wildman–Crippen MR) is 97.6 cm³/mol. The average molecular weight is 376 g/mol. The van der Waals surface area contributed by atoms with Crippen LogP contribution in [0.3, 0.4) is 0 Å². The van der Waals surface area contributed by atoms with Crippen molar-refractivity contribution < 1.29 is 23.3 Å². The molecule has 0 radical (unpaired) electrons. The smallest absolute Gasteiger partial charge is 0.415 e. The van der Waals surface area contributed by atoms with E-state index in [-0.39, 0.29) is 18.7 Å². The number of allylic oxidation sites excluding steroid dienone is 1. The van der Waals surface area contributed by atoms with Crippen LogP contribution in [-0.4, -0.2) is 53.7 Å². The Kier molecular flexibility index (Phi) is 4.44. The maximum atomic E-state index is 12.3. The normalized spacial score (nSPS) is 26.7. The highest BCUT2D eigenvalue weighted by molar-refractivity contribution is 7.85. The number of carbonyl (C=O) groups excluding carboxylic acids is 2. The number of fused-ring (bicyclic) bond motifs is 3. The van der Waals surface area contributed by atoms with E-state index in [9.17, 15) is 13.8 Å². The minimum Gasteiger partial charge on any atom is -0.453 e. The molecule has 26 heavy (non-hydrogen) atoms. The van der Waals surface area contributed by atoms with Crippen molar-refractivity contribution in [2.24, 2.45) is 0 Å². The van der Waals surface area contributed by atoms with Crippen molar-refractivity contribution in [2.45, 2.75) is 25.0 Å². The third-order valence-electron chi connectivity index (χ3n) is 5.10. The number of rotatable bonds is 3. The van der Waals surface area contributed by atoms with Gasteiger partial charge >= 0.3 is 12.2 Å². The first-order chi connectivity index (χ1) is 12.6. The van der Waals surface area contributed by atoms with E-state index in [0.29, 0.717) is 17.9 Å². The van der Waals surface area contributed by atoms with Gasteiger partial charge in [0.05, 0.1) is 25.4 Å². The van der Waals surface area contributed by atoms with E-state index in [1.165, 1.54) is 12.7 Å². The number of methoxy groups -OCH3 is 1. The van der Waals surface area contributed by atoms with E-state index in [2.05, 4.69) is 22.2 Å². The molecule has 4 rings (SSSR count). The highest BCUT2D eigenvalue weighted by Crippen LogP contribution is 2.40. The second kappa shape index (κ2) is 6.75. The zero-order valence-electron chi connectivity index (χ0n) is 14.4. The minimum atomic E-state index is -0.745. The molecule has 7 nitrogen and oxygen atoms in total. The summed E-state index contributed by atoms with van der Waals surface area (Å²) in [5, 5.41) is 2.60. The first-order valence-electron chi connectivity index (χ1n) is 8.56. The van der Waals surface area contributed by atoms with Crippen LogP contribution in [0.15, 0.2) is 24.3 Å². The largest absolute Gasteiger partial charge is 0.453 e. The molecule has 1 fully saturated rings. The number of cyclic esters (lactones) is 1. The number of carbonyl (C=O) groups is 2. The molecule has 3 atom stereocenters. The molecule has 1 aromatic carbocycles. The zero-order chi connectivity index (χ0) is 18.3. The first kappa shape index (κ1) is 17.1. The first-order valence-corrected chi connectivity index (χ1v) is 10.0. The van der Waals surface area contributed by atoms with Crippen LogP contribution in [0, 0.1) is 0 Å². The lowest BCUT2D eigenvalue weighted by molar-refractivity contribution is 0.123. The fourth-order valence-electron chi connectivity index (χ4n) is 3.77. The Balaban J connectivity index is 1.54. The van der Waals surface area contributed by atoms with E-state index in [1.54, 1.807) is 4.90 Å². The Morgan fingerprint density at radius 1 is 1.46 bits per heavy atom. The van der Waals surface area contributed by atoms with E-state index < -0.39 is 23.0 Å². The van der Waals surface area contributed by atoms with Gasteiger partial charge in [-0.15, -0.1) is 0 Å². The van der Waals surface area contributed by atoms with Crippen molar-refractivity contribution in [2.75, 3.05) is 30.1 Å². The van der Waals surface area contributed by atoms with Crippen LogP contribution < -0.4 is 10.2 Å². The van der Waals surface area contributed by atoms with E-state index in [4.69, 9.17) is 4.74 Å². The van der Waals surface area contributed by atoms with Crippen molar-refractivity contribution in [3.8, 4) is 0 Å². The van der Waals surface area contributed by atoms with Crippen LogP contribution in [0.25, 0.3) is 5.57 Å². The number of alkyl carbamates (subject to hydrolysis) is 1. The van der Waals surface area contributed by atoms with Gasteiger partial charge in [0.1, 0.15) is 6.10 Å². The number of hydrogen-bond donors (Lipinski definition) is 1. The maximum absolute atomic E-state index is 12.3. The van der Waals surface area contributed by atoms with E-state index >= 15 is 0 Å². The Morgan fingerprint density at radius 2 is 2.31 bits per heavy atom. The van der Waals surface area contributed by atoms with Gasteiger partial charge in [0.2, 0.25) is 0 Å². The number of nitrogens with one attached hydrogen (secondary N) is 1. The Morgan fingerprint density at radius 3 is 3.04 bits per heavy atom. The number of benzene rings is 1. The summed E-state index contributed by atoms with van der Waals surface area (Å²) >= 11 is 0. The summed E-state index contributed by atoms with van der Waals surface area (Å²) in [7, 11) is 0.552. The zero-order valence-corrected chi connectivity index (χ0v) is 15.2. The fourth-order valence-corrected chi connectivity index (χ4v) is 4.78. The molecule has 3 aliphatic heterocycles. The topological polar surface area (TPSA) is 84.9 Å². The Hall–Kier alpha value is -2.35. The minimum absolute atomic E-state index is 0.127. The van der Waals surface area contributed by atoms with Crippen LogP contribution >= 0.6 is 0 Å². The van der Waals surface area contributed by atoms with Crippen molar-refractivity contribution in [1.29, 1.82) is 0 Å². The van der Waals surface area contributed by atoms with Gasteiger partial charge < -0.3 is 14.8 Å². The van der Waals surface area contributed by atoms with Gasteiger partial charge in [-0.05, 0) is 41.7 Å². The van der Waals surface area contributed by atoms with Gasteiger partial charge in [-0.1, -0.05) is 12.1 Å². The standard InChI is InChI=1S/C18H20N2O5S/c1-24-17(21)19-10-16-15-9-13-8-12(11-4-6-26(23)7-5-11)2-3-14(13)20(15)18(22)25-16/h2-4,8,15-16H,5-7,9-10H2,1H3,(H,19,21)/t15-,16-,26?/m0/s1. The van der Waals surface area contributed by atoms with Crippen molar-refractivity contribution in [3.05, 3.63) is 35.4 Å². The molecule has 0 aliphatic carbocycles. The highest BCUT2D eigenvalue weighted by atomic mass is 32.2. The molecule has 2 amide bonds. The Bertz CT molecular complexity index is 822. The molecule has 0 spiro atoms. The summed E-state index contributed by atoms with van der Waals surface area (Å²) in [6.45, 7) is 0.220. The van der Waals surface area contributed by atoms with E-state index in [0.717, 1.165) is 23.2 Å². The summed E-state index contributed by atoms with van der Waals surface area (Å²) in [6.07, 6.45) is 2.21. The molecule has 1 unspecified atom stereocenters. The lowest BCUT2D eigenvalue weighted by Crippen LogP contribution is -2.40. The predicted octanol–water partition coefficient (Wildman–Crippen LogP) is 1.83. The van der Waals surface area contributed by atoms with Gasteiger partial charge in [0, 0.05) is 22.3 Å². The molecule has 1 saturated heterocycles. The highest BCUT2D eigenvalue weighted by Gasteiger charge is 2.47. The maximum Gasteiger partial charge on any atom is 0.415 e. The second-order valence-electron chi connectivity index (χ2n) is 6.57. The summed E-state index contributed by atoms with van der Waals surface area (Å²) in [5.41, 5.74) is 4.30. The SMILES string of the molecule is COC(=O)NC[C@@H]1OC(=O)N2c3ccc(C4=CCS(=O)CC4)cc3C[C@@H]12. The van der Waals surface area contributed by atoms with E-state index in [1.807, 2.05) is 12.1 Å². The molecule has 1 N–H and O–H groups in total. The summed E-state index contributed by atoms with van der Waals surface area (Å²) in [6, 6.07) is 5.95. The third-order valence-corrected chi connectivity index (χ3v) is 6.29.